The summed E-state index contributed by atoms with van der Waals surface area (Å²) >= 11 is 0. The summed E-state index contributed by atoms with van der Waals surface area (Å²) in [5, 5.41) is 3.59. The maximum Gasteiger partial charge on any atom is 0.126 e. The molecule has 118 valence electrons. The zero-order valence-corrected chi connectivity index (χ0v) is 14.3. The molecule has 0 radical (unpaired) electrons. The van der Waals surface area contributed by atoms with Crippen LogP contribution in [0, 0.1) is 5.92 Å². The molecule has 21 heavy (non-hydrogen) atoms. The van der Waals surface area contributed by atoms with Gasteiger partial charge in [-0.2, -0.15) is 0 Å². The van der Waals surface area contributed by atoms with E-state index >= 15 is 0 Å². The minimum Gasteiger partial charge on any atom is -0.493 e. The summed E-state index contributed by atoms with van der Waals surface area (Å²) in [4.78, 5) is 0. The highest BCUT2D eigenvalue weighted by molar-refractivity contribution is 5.44. The van der Waals surface area contributed by atoms with Gasteiger partial charge in [0, 0.05) is 18.5 Å². The van der Waals surface area contributed by atoms with Crippen LogP contribution in [0.4, 0.5) is 0 Å². The van der Waals surface area contributed by atoms with Crippen LogP contribution >= 0.6 is 0 Å². The Kier molecular flexibility index (Phi) is 5.69. The van der Waals surface area contributed by atoms with Gasteiger partial charge in [0.25, 0.3) is 0 Å². The Balaban J connectivity index is 2.01. The maximum absolute atomic E-state index is 6.27. The highest BCUT2D eigenvalue weighted by Crippen LogP contribution is 2.34. The van der Waals surface area contributed by atoms with Crippen LogP contribution in [0.5, 0.6) is 5.75 Å². The summed E-state index contributed by atoms with van der Waals surface area (Å²) in [6.07, 6.45) is 2.70. The van der Waals surface area contributed by atoms with Crippen LogP contribution in [0.2, 0.25) is 0 Å². The van der Waals surface area contributed by atoms with Crippen molar-refractivity contribution in [3.8, 4) is 5.75 Å². The third-order valence-corrected chi connectivity index (χ3v) is 4.16. The van der Waals surface area contributed by atoms with Crippen molar-refractivity contribution >= 4 is 0 Å². The van der Waals surface area contributed by atoms with Crippen LogP contribution in [-0.2, 0) is 0 Å². The summed E-state index contributed by atoms with van der Waals surface area (Å²) in [5.41, 5.74) is 2.67. The van der Waals surface area contributed by atoms with E-state index in [1.54, 1.807) is 0 Å². The second-order valence-corrected chi connectivity index (χ2v) is 7.17. The SMILES string of the molecule is CC(CNC1CC1)COc1c(C(C)C)cccc1C(C)C. The molecule has 1 aliphatic carbocycles. The standard InChI is InChI=1S/C19H31NO/c1-13(2)17-7-6-8-18(14(3)4)19(17)21-12-15(5)11-20-16-9-10-16/h6-8,13-16,20H,9-12H2,1-5H3. The van der Waals surface area contributed by atoms with Crippen LogP contribution in [0.1, 0.15) is 70.4 Å². The fourth-order valence-corrected chi connectivity index (χ4v) is 2.59. The van der Waals surface area contributed by atoms with E-state index in [1.807, 2.05) is 0 Å². The molecule has 1 N–H and O–H groups in total. The smallest absolute Gasteiger partial charge is 0.126 e. The van der Waals surface area contributed by atoms with Crippen molar-refractivity contribution in [3.63, 3.8) is 0 Å². The van der Waals surface area contributed by atoms with Gasteiger partial charge in [-0.15, -0.1) is 0 Å². The maximum atomic E-state index is 6.27. The molecule has 0 heterocycles. The largest absolute Gasteiger partial charge is 0.493 e. The number of hydrogen-bond donors (Lipinski definition) is 1. The predicted octanol–water partition coefficient (Wildman–Crippen LogP) is 4.70. The highest BCUT2D eigenvalue weighted by Gasteiger charge is 2.21. The minimum absolute atomic E-state index is 0.499. The number of rotatable bonds is 8. The third kappa shape index (κ3) is 4.74. The first-order chi connectivity index (χ1) is 9.99. The van der Waals surface area contributed by atoms with Gasteiger partial charge >= 0.3 is 0 Å². The fraction of sp³-hybridized carbons (Fsp3) is 0.684. The summed E-state index contributed by atoms with van der Waals surface area (Å²) in [6, 6.07) is 7.36. The average molecular weight is 289 g/mol. The van der Waals surface area contributed by atoms with E-state index in [4.69, 9.17) is 4.74 Å². The molecule has 1 aromatic rings. The zero-order chi connectivity index (χ0) is 15.4. The van der Waals surface area contributed by atoms with E-state index in [-0.39, 0.29) is 0 Å². The van der Waals surface area contributed by atoms with Crippen molar-refractivity contribution < 1.29 is 4.74 Å². The molecule has 2 nitrogen and oxygen atoms in total. The van der Waals surface area contributed by atoms with E-state index in [0.29, 0.717) is 17.8 Å². The summed E-state index contributed by atoms with van der Waals surface area (Å²) in [6.45, 7) is 13.1. The molecule has 0 aromatic heterocycles. The van der Waals surface area contributed by atoms with Gasteiger partial charge in [-0.05, 0) is 35.8 Å². The minimum atomic E-state index is 0.499. The van der Waals surface area contributed by atoms with Crippen molar-refractivity contribution in [1.82, 2.24) is 5.32 Å². The lowest BCUT2D eigenvalue weighted by molar-refractivity contribution is 0.249. The van der Waals surface area contributed by atoms with E-state index < -0.39 is 0 Å². The van der Waals surface area contributed by atoms with E-state index in [0.717, 1.165) is 24.9 Å². The Hall–Kier alpha value is -1.02. The fourth-order valence-electron chi connectivity index (χ4n) is 2.59. The van der Waals surface area contributed by atoms with Gasteiger partial charge in [-0.3, -0.25) is 0 Å². The Morgan fingerprint density at radius 1 is 1.05 bits per heavy atom. The lowest BCUT2D eigenvalue weighted by atomic mass is 9.94. The first-order valence-corrected chi connectivity index (χ1v) is 8.48. The zero-order valence-electron chi connectivity index (χ0n) is 14.3. The van der Waals surface area contributed by atoms with Gasteiger partial charge in [0.1, 0.15) is 5.75 Å². The lowest BCUT2D eigenvalue weighted by Gasteiger charge is -2.22. The predicted molar refractivity (Wildman–Crippen MR) is 90.3 cm³/mol. The molecular formula is C19H31NO. The Morgan fingerprint density at radius 2 is 1.62 bits per heavy atom. The molecule has 1 unspecified atom stereocenters. The van der Waals surface area contributed by atoms with Crippen molar-refractivity contribution in [2.24, 2.45) is 5.92 Å². The normalized spacial score (nSPS) is 16.5. The molecule has 0 aliphatic heterocycles. The van der Waals surface area contributed by atoms with Crippen molar-refractivity contribution in [1.29, 1.82) is 0 Å². The molecule has 0 spiro atoms. The summed E-state index contributed by atoms with van der Waals surface area (Å²) < 4.78 is 6.27. The van der Waals surface area contributed by atoms with Gasteiger partial charge in [-0.25, -0.2) is 0 Å². The molecule has 1 fully saturated rings. The third-order valence-electron chi connectivity index (χ3n) is 4.16. The molecule has 1 aromatic carbocycles. The van der Waals surface area contributed by atoms with Gasteiger partial charge in [0.05, 0.1) is 6.61 Å². The van der Waals surface area contributed by atoms with Crippen molar-refractivity contribution in [3.05, 3.63) is 29.3 Å². The average Bonchev–Trinajstić information content (AvgIpc) is 3.26. The molecule has 2 rings (SSSR count). The molecule has 0 amide bonds. The molecule has 0 bridgehead atoms. The molecule has 1 saturated carbocycles. The van der Waals surface area contributed by atoms with Gasteiger partial charge in [-0.1, -0.05) is 52.8 Å². The van der Waals surface area contributed by atoms with Crippen molar-refractivity contribution in [2.45, 2.75) is 65.3 Å². The number of benzene rings is 1. The monoisotopic (exact) mass is 289 g/mol. The Bertz CT molecular complexity index is 423. The van der Waals surface area contributed by atoms with Gasteiger partial charge in [0.15, 0.2) is 0 Å². The van der Waals surface area contributed by atoms with Crippen LogP contribution in [-0.4, -0.2) is 19.2 Å². The van der Waals surface area contributed by atoms with E-state index in [2.05, 4.69) is 58.1 Å². The second kappa shape index (κ2) is 7.31. The molecular weight excluding hydrogens is 258 g/mol. The van der Waals surface area contributed by atoms with E-state index in [1.165, 1.54) is 24.0 Å². The number of nitrogens with one attached hydrogen (secondary N) is 1. The van der Waals surface area contributed by atoms with Crippen molar-refractivity contribution in [2.75, 3.05) is 13.2 Å². The lowest BCUT2D eigenvalue weighted by Crippen LogP contribution is -2.27. The molecule has 1 aliphatic rings. The molecule has 2 heteroatoms. The Labute approximate surface area is 130 Å². The topological polar surface area (TPSA) is 21.3 Å². The Morgan fingerprint density at radius 3 is 2.10 bits per heavy atom. The molecule has 0 saturated heterocycles. The number of para-hydroxylation sites is 1. The number of hydrogen-bond acceptors (Lipinski definition) is 2. The van der Waals surface area contributed by atoms with Crippen LogP contribution < -0.4 is 10.1 Å². The molecule has 1 atom stereocenters. The first kappa shape index (κ1) is 16.4. The van der Waals surface area contributed by atoms with E-state index in [9.17, 15) is 0 Å². The summed E-state index contributed by atoms with van der Waals surface area (Å²) in [5.74, 6) is 2.67. The van der Waals surface area contributed by atoms with Gasteiger partial charge in [0.2, 0.25) is 0 Å². The van der Waals surface area contributed by atoms with Gasteiger partial charge < -0.3 is 10.1 Å². The second-order valence-electron chi connectivity index (χ2n) is 7.17. The first-order valence-electron chi connectivity index (χ1n) is 8.48. The van der Waals surface area contributed by atoms with Crippen LogP contribution in [0.3, 0.4) is 0 Å². The van der Waals surface area contributed by atoms with Crippen LogP contribution in [0.25, 0.3) is 0 Å². The number of ether oxygens (including phenoxy) is 1. The van der Waals surface area contributed by atoms with Crippen LogP contribution in [0.15, 0.2) is 18.2 Å². The summed E-state index contributed by atoms with van der Waals surface area (Å²) in [7, 11) is 0. The highest BCUT2D eigenvalue weighted by atomic mass is 16.5. The quantitative estimate of drug-likeness (QED) is 0.749.